The van der Waals surface area contributed by atoms with Crippen LogP contribution in [-0.4, -0.2) is 23.2 Å². The monoisotopic (exact) mass is 274 g/mol. The number of phenols is 2. The Morgan fingerprint density at radius 2 is 1.95 bits per heavy atom. The molecule has 20 heavy (non-hydrogen) atoms. The zero-order valence-corrected chi connectivity index (χ0v) is 10.8. The summed E-state index contributed by atoms with van der Waals surface area (Å²) in [5.41, 5.74) is 6.43. The Bertz CT molecular complexity index is 656. The second-order valence-corrected chi connectivity index (χ2v) is 4.11. The fourth-order valence-corrected chi connectivity index (χ4v) is 1.67. The molecule has 0 aliphatic carbocycles. The van der Waals surface area contributed by atoms with Gasteiger partial charge in [0.2, 0.25) is 0 Å². The van der Waals surface area contributed by atoms with Crippen molar-refractivity contribution in [3.8, 4) is 17.2 Å². The van der Waals surface area contributed by atoms with Gasteiger partial charge in [0.15, 0.2) is 0 Å². The number of ether oxygens (including phenoxy) is 1. The predicted octanol–water partition coefficient (Wildman–Crippen LogP) is 1.94. The summed E-state index contributed by atoms with van der Waals surface area (Å²) in [5.74, 6) is -0.402. The summed E-state index contributed by atoms with van der Waals surface area (Å²) in [5, 5.41) is 21.5. The van der Waals surface area contributed by atoms with Crippen LogP contribution >= 0.6 is 0 Å². The largest absolute Gasteiger partial charge is 0.508 e. The van der Waals surface area contributed by atoms with E-state index in [4.69, 9.17) is 10.5 Å². The Morgan fingerprint density at radius 3 is 2.65 bits per heavy atom. The fraction of sp³-hybridized carbons (Fsp3) is 0.0714. The number of amides is 1. The molecule has 6 nitrogen and oxygen atoms in total. The number of phenolic OH excluding ortho intramolecular Hbond substituents is 2. The van der Waals surface area contributed by atoms with Crippen LogP contribution in [0.2, 0.25) is 0 Å². The van der Waals surface area contributed by atoms with Gasteiger partial charge in [-0.2, -0.15) is 0 Å². The van der Waals surface area contributed by atoms with E-state index in [0.717, 1.165) is 0 Å². The molecule has 0 spiro atoms. The molecular weight excluding hydrogens is 260 g/mol. The first-order chi connectivity index (χ1) is 9.51. The molecule has 0 saturated heterocycles. The van der Waals surface area contributed by atoms with Crippen LogP contribution in [0.15, 0.2) is 36.4 Å². The molecule has 2 rings (SSSR count). The third-order valence-electron chi connectivity index (χ3n) is 2.73. The number of aromatic hydroxyl groups is 2. The van der Waals surface area contributed by atoms with Crippen molar-refractivity contribution in [1.29, 1.82) is 0 Å². The zero-order valence-electron chi connectivity index (χ0n) is 10.8. The second-order valence-electron chi connectivity index (χ2n) is 4.11. The highest BCUT2D eigenvalue weighted by molar-refractivity contribution is 6.07. The zero-order chi connectivity index (χ0) is 14.7. The average Bonchev–Trinajstić information content (AvgIpc) is 2.43. The molecule has 6 heteroatoms. The maximum atomic E-state index is 12.1. The molecule has 0 heterocycles. The van der Waals surface area contributed by atoms with E-state index in [1.807, 2.05) is 0 Å². The topological polar surface area (TPSA) is 105 Å². The van der Waals surface area contributed by atoms with Crippen molar-refractivity contribution in [2.75, 3.05) is 18.2 Å². The fourth-order valence-electron chi connectivity index (χ4n) is 1.67. The van der Waals surface area contributed by atoms with E-state index < -0.39 is 5.91 Å². The number of nitrogen functional groups attached to an aromatic ring is 1. The van der Waals surface area contributed by atoms with Crippen molar-refractivity contribution < 1.29 is 19.7 Å². The lowest BCUT2D eigenvalue weighted by molar-refractivity contribution is 0.102. The van der Waals surface area contributed by atoms with Crippen LogP contribution in [0.5, 0.6) is 17.2 Å². The summed E-state index contributed by atoms with van der Waals surface area (Å²) in [6.07, 6.45) is 0. The predicted molar refractivity (Wildman–Crippen MR) is 75.1 cm³/mol. The molecule has 0 atom stereocenters. The molecule has 2 aromatic carbocycles. The van der Waals surface area contributed by atoms with Crippen molar-refractivity contribution in [3.05, 3.63) is 42.0 Å². The lowest BCUT2D eigenvalue weighted by Gasteiger charge is -2.11. The first kappa shape index (κ1) is 13.5. The standard InChI is InChI=1S/C14H14N2O4/c1-20-9-3-4-11(15)12(7-9)16-14(19)10-6-8(17)2-5-13(10)18/h2-7,17-18H,15H2,1H3,(H,16,19). The van der Waals surface area contributed by atoms with Gasteiger partial charge in [0.05, 0.1) is 24.0 Å². The molecule has 104 valence electrons. The lowest BCUT2D eigenvalue weighted by Crippen LogP contribution is -2.13. The van der Waals surface area contributed by atoms with Crippen molar-refractivity contribution in [2.24, 2.45) is 0 Å². The molecule has 0 unspecified atom stereocenters. The maximum absolute atomic E-state index is 12.1. The molecule has 0 radical (unpaired) electrons. The smallest absolute Gasteiger partial charge is 0.259 e. The van der Waals surface area contributed by atoms with Crippen molar-refractivity contribution in [1.82, 2.24) is 0 Å². The number of rotatable bonds is 3. The maximum Gasteiger partial charge on any atom is 0.259 e. The SMILES string of the molecule is COc1ccc(N)c(NC(=O)c2cc(O)ccc2O)c1. The van der Waals surface area contributed by atoms with Gasteiger partial charge < -0.3 is 26.0 Å². The Kier molecular flexibility index (Phi) is 3.65. The molecule has 5 N–H and O–H groups in total. The number of carbonyl (C=O) groups is 1. The summed E-state index contributed by atoms with van der Waals surface area (Å²) in [6, 6.07) is 8.51. The Morgan fingerprint density at radius 1 is 1.20 bits per heavy atom. The lowest BCUT2D eigenvalue weighted by atomic mass is 10.1. The van der Waals surface area contributed by atoms with Crippen LogP contribution in [0.1, 0.15) is 10.4 Å². The second kappa shape index (κ2) is 5.40. The van der Waals surface area contributed by atoms with Crippen LogP contribution in [0.4, 0.5) is 11.4 Å². The van der Waals surface area contributed by atoms with Gasteiger partial charge in [0, 0.05) is 6.07 Å². The van der Waals surface area contributed by atoms with E-state index in [1.165, 1.54) is 25.3 Å². The normalized spacial score (nSPS) is 10.1. The van der Waals surface area contributed by atoms with E-state index in [9.17, 15) is 15.0 Å². The van der Waals surface area contributed by atoms with Crippen LogP contribution in [0.25, 0.3) is 0 Å². The van der Waals surface area contributed by atoms with Gasteiger partial charge >= 0.3 is 0 Å². The summed E-state index contributed by atoms with van der Waals surface area (Å²) in [6.45, 7) is 0. The quantitative estimate of drug-likeness (QED) is 0.505. The van der Waals surface area contributed by atoms with Gasteiger partial charge in [-0.05, 0) is 30.3 Å². The Hall–Kier alpha value is -2.89. The summed E-state index contributed by atoms with van der Waals surface area (Å²) < 4.78 is 5.04. The number of methoxy groups -OCH3 is 1. The highest BCUT2D eigenvalue weighted by Gasteiger charge is 2.14. The highest BCUT2D eigenvalue weighted by Crippen LogP contribution is 2.27. The average molecular weight is 274 g/mol. The number of nitrogens with two attached hydrogens (primary N) is 1. The summed E-state index contributed by atoms with van der Waals surface area (Å²) >= 11 is 0. The van der Waals surface area contributed by atoms with Crippen molar-refractivity contribution in [2.45, 2.75) is 0 Å². The third-order valence-corrected chi connectivity index (χ3v) is 2.73. The number of hydrogen-bond acceptors (Lipinski definition) is 5. The van der Waals surface area contributed by atoms with E-state index in [-0.39, 0.29) is 17.1 Å². The first-order valence-electron chi connectivity index (χ1n) is 5.78. The molecule has 0 fully saturated rings. The molecule has 0 aliphatic rings. The van der Waals surface area contributed by atoms with E-state index >= 15 is 0 Å². The Labute approximate surface area is 115 Å². The van der Waals surface area contributed by atoms with Crippen LogP contribution in [0.3, 0.4) is 0 Å². The number of nitrogens with one attached hydrogen (secondary N) is 1. The molecule has 2 aromatic rings. The number of benzene rings is 2. The van der Waals surface area contributed by atoms with E-state index in [1.54, 1.807) is 18.2 Å². The van der Waals surface area contributed by atoms with Crippen LogP contribution < -0.4 is 15.8 Å². The molecular formula is C14H14N2O4. The van der Waals surface area contributed by atoms with Crippen LogP contribution in [0, 0.1) is 0 Å². The van der Waals surface area contributed by atoms with Crippen molar-refractivity contribution in [3.63, 3.8) is 0 Å². The minimum absolute atomic E-state index is 0.0489. The van der Waals surface area contributed by atoms with Gasteiger partial charge in [0.1, 0.15) is 17.2 Å². The van der Waals surface area contributed by atoms with Crippen LogP contribution in [-0.2, 0) is 0 Å². The number of hydrogen-bond donors (Lipinski definition) is 4. The van der Waals surface area contributed by atoms with Gasteiger partial charge in [-0.15, -0.1) is 0 Å². The van der Waals surface area contributed by atoms with E-state index in [2.05, 4.69) is 5.32 Å². The molecule has 0 bridgehead atoms. The van der Waals surface area contributed by atoms with Gasteiger partial charge in [0.25, 0.3) is 5.91 Å². The van der Waals surface area contributed by atoms with E-state index in [0.29, 0.717) is 17.1 Å². The highest BCUT2D eigenvalue weighted by atomic mass is 16.5. The van der Waals surface area contributed by atoms with Crippen molar-refractivity contribution >= 4 is 17.3 Å². The van der Waals surface area contributed by atoms with Gasteiger partial charge in [-0.3, -0.25) is 4.79 Å². The Balaban J connectivity index is 2.30. The summed E-state index contributed by atoms with van der Waals surface area (Å²) in [4.78, 5) is 12.1. The molecule has 0 aromatic heterocycles. The minimum atomic E-state index is -0.585. The first-order valence-corrected chi connectivity index (χ1v) is 5.78. The third kappa shape index (κ3) is 2.74. The number of anilines is 2. The molecule has 0 saturated carbocycles. The van der Waals surface area contributed by atoms with Gasteiger partial charge in [-0.25, -0.2) is 0 Å². The minimum Gasteiger partial charge on any atom is -0.508 e. The van der Waals surface area contributed by atoms with Gasteiger partial charge in [-0.1, -0.05) is 0 Å². The summed E-state index contributed by atoms with van der Waals surface area (Å²) in [7, 11) is 1.50. The number of carbonyl (C=O) groups excluding carboxylic acids is 1. The molecule has 1 amide bonds. The molecule has 0 aliphatic heterocycles.